The van der Waals surface area contributed by atoms with E-state index in [1.807, 2.05) is 6.92 Å². The summed E-state index contributed by atoms with van der Waals surface area (Å²) in [7, 11) is 0. The summed E-state index contributed by atoms with van der Waals surface area (Å²) in [6.07, 6.45) is 4.07. The average molecular weight is 221 g/mol. The van der Waals surface area contributed by atoms with Crippen LogP contribution in [0.5, 0.6) is 0 Å². The maximum atomic E-state index is 8.88. The number of H-pyrrole nitrogens is 1. The SMILES string of the molecule is CC(CO)CCNc1nc2ncncc2[nH]1. The van der Waals surface area contributed by atoms with Gasteiger partial charge in [0.25, 0.3) is 0 Å². The molecule has 0 saturated heterocycles. The van der Waals surface area contributed by atoms with E-state index < -0.39 is 0 Å². The van der Waals surface area contributed by atoms with Crippen molar-refractivity contribution in [3.63, 3.8) is 0 Å². The first-order valence-corrected chi connectivity index (χ1v) is 5.30. The van der Waals surface area contributed by atoms with E-state index in [1.165, 1.54) is 6.33 Å². The fraction of sp³-hybridized carbons (Fsp3) is 0.500. The Bertz CT molecular complexity index is 422. The van der Waals surface area contributed by atoms with Crippen LogP contribution in [0.1, 0.15) is 13.3 Å². The van der Waals surface area contributed by atoms with Crippen molar-refractivity contribution in [3.8, 4) is 0 Å². The summed E-state index contributed by atoms with van der Waals surface area (Å²) < 4.78 is 0. The molecule has 0 aliphatic rings. The molecule has 1 atom stereocenters. The number of anilines is 1. The van der Waals surface area contributed by atoms with Gasteiger partial charge in [0.1, 0.15) is 11.8 Å². The van der Waals surface area contributed by atoms with Gasteiger partial charge in [-0.3, -0.25) is 0 Å². The largest absolute Gasteiger partial charge is 0.396 e. The highest BCUT2D eigenvalue weighted by Gasteiger charge is 2.03. The molecular formula is C10H15N5O. The highest BCUT2D eigenvalue weighted by atomic mass is 16.3. The quantitative estimate of drug-likeness (QED) is 0.694. The van der Waals surface area contributed by atoms with E-state index in [0.29, 0.717) is 17.5 Å². The zero-order chi connectivity index (χ0) is 11.4. The van der Waals surface area contributed by atoms with E-state index in [1.54, 1.807) is 6.20 Å². The number of aromatic amines is 1. The number of imidazole rings is 1. The van der Waals surface area contributed by atoms with Crippen LogP contribution < -0.4 is 5.32 Å². The molecule has 0 bridgehead atoms. The zero-order valence-electron chi connectivity index (χ0n) is 9.14. The van der Waals surface area contributed by atoms with Crippen LogP contribution in [0.2, 0.25) is 0 Å². The van der Waals surface area contributed by atoms with Crippen molar-refractivity contribution in [3.05, 3.63) is 12.5 Å². The topological polar surface area (TPSA) is 86.7 Å². The van der Waals surface area contributed by atoms with Gasteiger partial charge in [-0.1, -0.05) is 6.92 Å². The molecule has 2 aromatic heterocycles. The molecule has 2 rings (SSSR count). The molecule has 0 fully saturated rings. The maximum Gasteiger partial charge on any atom is 0.202 e. The molecule has 6 nitrogen and oxygen atoms in total. The molecule has 0 saturated carbocycles. The van der Waals surface area contributed by atoms with E-state index in [0.717, 1.165) is 18.5 Å². The molecule has 1 unspecified atom stereocenters. The second kappa shape index (κ2) is 4.89. The Labute approximate surface area is 93.1 Å². The van der Waals surface area contributed by atoms with E-state index in [9.17, 15) is 0 Å². The van der Waals surface area contributed by atoms with Gasteiger partial charge in [-0.05, 0) is 12.3 Å². The van der Waals surface area contributed by atoms with Gasteiger partial charge >= 0.3 is 0 Å². The second-order valence-corrected chi connectivity index (χ2v) is 3.85. The number of nitrogens with one attached hydrogen (secondary N) is 2. The fourth-order valence-electron chi connectivity index (χ4n) is 1.37. The summed E-state index contributed by atoms with van der Waals surface area (Å²) in [6.45, 7) is 2.99. The van der Waals surface area contributed by atoms with Crippen molar-refractivity contribution in [1.29, 1.82) is 0 Å². The van der Waals surface area contributed by atoms with E-state index in [2.05, 4.69) is 25.3 Å². The molecule has 0 radical (unpaired) electrons. The third-order valence-electron chi connectivity index (χ3n) is 2.40. The third kappa shape index (κ3) is 2.46. The monoisotopic (exact) mass is 221 g/mol. The van der Waals surface area contributed by atoms with Crippen LogP contribution in [0.15, 0.2) is 12.5 Å². The molecular weight excluding hydrogens is 206 g/mol. The fourth-order valence-corrected chi connectivity index (χ4v) is 1.37. The molecule has 86 valence electrons. The molecule has 2 aromatic rings. The van der Waals surface area contributed by atoms with Gasteiger partial charge in [0, 0.05) is 13.2 Å². The van der Waals surface area contributed by atoms with Gasteiger partial charge in [-0.2, -0.15) is 4.98 Å². The lowest BCUT2D eigenvalue weighted by atomic mass is 10.1. The Kier molecular flexibility index (Phi) is 3.31. The van der Waals surface area contributed by atoms with Crippen molar-refractivity contribution in [2.75, 3.05) is 18.5 Å². The molecule has 0 aliphatic carbocycles. The maximum absolute atomic E-state index is 8.88. The van der Waals surface area contributed by atoms with Crippen LogP contribution in [0.25, 0.3) is 11.2 Å². The lowest BCUT2D eigenvalue weighted by molar-refractivity contribution is 0.233. The van der Waals surface area contributed by atoms with Gasteiger partial charge in [-0.15, -0.1) is 0 Å². The van der Waals surface area contributed by atoms with Crippen molar-refractivity contribution in [2.24, 2.45) is 5.92 Å². The average Bonchev–Trinajstić information content (AvgIpc) is 2.71. The normalized spacial score (nSPS) is 12.9. The first-order chi connectivity index (χ1) is 7.79. The van der Waals surface area contributed by atoms with Crippen LogP contribution in [-0.2, 0) is 0 Å². The van der Waals surface area contributed by atoms with Crippen molar-refractivity contribution >= 4 is 17.1 Å². The number of aromatic nitrogens is 4. The number of nitrogens with zero attached hydrogens (tertiary/aromatic N) is 3. The molecule has 3 N–H and O–H groups in total. The first kappa shape index (κ1) is 10.8. The summed E-state index contributed by atoms with van der Waals surface area (Å²) in [5.74, 6) is 0.998. The van der Waals surface area contributed by atoms with E-state index >= 15 is 0 Å². The minimum Gasteiger partial charge on any atom is -0.396 e. The van der Waals surface area contributed by atoms with Crippen molar-refractivity contribution in [1.82, 2.24) is 19.9 Å². The zero-order valence-corrected chi connectivity index (χ0v) is 9.14. The smallest absolute Gasteiger partial charge is 0.202 e. The van der Waals surface area contributed by atoms with Crippen molar-refractivity contribution in [2.45, 2.75) is 13.3 Å². The molecule has 0 aromatic carbocycles. The highest BCUT2D eigenvalue weighted by molar-refractivity contribution is 5.71. The molecule has 0 aliphatic heterocycles. The summed E-state index contributed by atoms with van der Waals surface area (Å²) in [4.78, 5) is 15.3. The molecule has 6 heteroatoms. The summed E-state index contributed by atoms with van der Waals surface area (Å²) in [5.41, 5.74) is 1.48. The standard InChI is InChI=1S/C10H15N5O/c1-7(5-16)2-3-12-10-14-8-4-11-6-13-9(8)15-10/h4,6-7,16H,2-3,5H2,1H3,(H2,11,12,13,14,15). The summed E-state index contributed by atoms with van der Waals surface area (Å²) in [6, 6.07) is 0. The van der Waals surface area contributed by atoms with Crippen molar-refractivity contribution < 1.29 is 5.11 Å². The minimum absolute atomic E-state index is 0.216. The summed E-state index contributed by atoms with van der Waals surface area (Å²) >= 11 is 0. The second-order valence-electron chi connectivity index (χ2n) is 3.85. The van der Waals surface area contributed by atoms with Crippen LogP contribution in [0.3, 0.4) is 0 Å². The molecule has 0 amide bonds. The van der Waals surface area contributed by atoms with Crippen LogP contribution >= 0.6 is 0 Å². The van der Waals surface area contributed by atoms with E-state index in [4.69, 9.17) is 5.11 Å². The van der Waals surface area contributed by atoms with Crippen LogP contribution in [0.4, 0.5) is 5.95 Å². The Morgan fingerprint density at radius 3 is 3.19 bits per heavy atom. The Morgan fingerprint density at radius 2 is 2.44 bits per heavy atom. The lowest BCUT2D eigenvalue weighted by Gasteiger charge is -2.07. The Hall–Kier alpha value is -1.69. The summed E-state index contributed by atoms with van der Waals surface area (Å²) in [5, 5.41) is 12.0. The first-order valence-electron chi connectivity index (χ1n) is 5.30. The predicted molar refractivity (Wildman–Crippen MR) is 61.0 cm³/mol. The molecule has 16 heavy (non-hydrogen) atoms. The van der Waals surface area contributed by atoms with Crippen LogP contribution in [0, 0.1) is 5.92 Å². The number of aliphatic hydroxyl groups excluding tert-OH is 1. The van der Waals surface area contributed by atoms with Gasteiger partial charge in [0.15, 0.2) is 5.65 Å². The van der Waals surface area contributed by atoms with Gasteiger partial charge in [0.2, 0.25) is 5.95 Å². The molecule has 2 heterocycles. The van der Waals surface area contributed by atoms with Gasteiger partial charge in [-0.25, -0.2) is 9.97 Å². The van der Waals surface area contributed by atoms with E-state index in [-0.39, 0.29) is 6.61 Å². The Balaban J connectivity index is 1.94. The highest BCUT2D eigenvalue weighted by Crippen LogP contribution is 2.10. The van der Waals surface area contributed by atoms with Crippen LogP contribution in [-0.4, -0.2) is 38.2 Å². The number of hydrogen-bond donors (Lipinski definition) is 3. The third-order valence-corrected chi connectivity index (χ3v) is 2.40. The van der Waals surface area contributed by atoms with Gasteiger partial charge in [0.05, 0.1) is 6.20 Å². The number of aliphatic hydroxyl groups is 1. The number of rotatable bonds is 5. The Morgan fingerprint density at radius 1 is 1.56 bits per heavy atom. The van der Waals surface area contributed by atoms with Gasteiger partial charge < -0.3 is 15.4 Å². The lowest BCUT2D eigenvalue weighted by Crippen LogP contribution is -2.10. The predicted octanol–water partition coefficient (Wildman–Crippen LogP) is 0.783. The number of hydrogen-bond acceptors (Lipinski definition) is 5. The number of fused-ring (bicyclic) bond motifs is 1. The molecule has 0 spiro atoms. The minimum atomic E-state index is 0.216.